The molecule has 2 aromatic rings. The third-order valence-corrected chi connectivity index (χ3v) is 5.24. The Balaban J connectivity index is 2.08. The third-order valence-electron chi connectivity index (χ3n) is 3.46. The lowest BCUT2D eigenvalue weighted by molar-refractivity contribution is -0.118. The summed E-state index contributed by atoms with van der Waals surface area (Å²) in [6.07, 6.45) is 2.92. The van der Waals surface area contributed by atoms with Crippen molar-refractivity contribution in [3.05, 3.63) is 35.7 Å². The van der Waals surface area contributed by atoms with Gasteiger partial charge in [0.15, 0.2) is 5.16 Å². The van der Waals surface area contributed by atoms with Gasteiger partial charge < -0.3 is 10.3 Å². The van der Waals surface area contributed by atoms with Gasteiger partial charge in [-0.2, -0.15) is 0 Å². The van der Waals surface area contributed by atoms with Crippen molar-refractivity contribution in [1.29, 1.82) is 0 Å². The van der Waals surface area contributed by atoms with Crippen LogP contribution in [0.3, 0.4) is 0 Å². The van der Waals surface area contributed by atoms with Gasteiger partial charge in [-0.25, -0.2) is 0 Å². The molecule has 1 amide bonds. The molecule has 0 atom stereocenters. The smallest absolute Gasteiger partial charge is 0.217 e. The average Bonchev–Trinajstić information content (AvgIpc) is 2.92. The van der Waals surface area contributed by atoms with E-state index in [-0.39, 0.29) is 5.91 Å². The van der Waals surface area contributed by atoms with E-state index in [1.807, 2.05) is 0 Å². The molecule has 0 saturated heterocycles. The second-order valence-corrected chi connectivity index (χ2v) is 7.83. The van der Waals surface area contributed by atoms with Gasteiger partial charge in [0.2, 0.25) is 5.91 Å². The summed E-state index contributed by atoms with van der Waals surface area (Å²) < 4.78 is 2.12. The standard InChI is InChI=1S/C17H24N4OS2/c1-12(2)10-21-16(9-8-15(18)22)19-20-17(21)24-11-13-4-6-14(23-3)7-5-13/h4-7,12H,8-11H2,1-3H3,(H2,18,22). The minimum Gasteiger partial charge on any atom is -0.370 e. The van der Waals surface area contributed by atoms with Crippen LogP contribution in [0.4, 0.5) is 0 Å². The van der Waals surface area contributed by atoms with E-state index >= 15 is 0 Å². The molecule has 7 heteroatoms. The molecule has 0 radical (unpaired) electrons. The molecule has 1 aromatic heterocycles. The number of hydrogen-bond acceptors (Lipinski definition) is 5. The molecule has 0 bridgehead atoms. The van der Waals surface area contributed by atoms with E-state index in [0.717, 1.165) is 23.3 Å². The van der Waals surface area contributed by atoms with Crippen molar-refractivity contribution in [2.45, 2.75) is 49.0 Å². The number of amides is 1. The SMILES string of the molecule is CSc1ccc(CSc2nnc(CCC(N)=O)n2CC(C)C)cc1. The van der Waals surface area contributed by atoms with E-state index in [2.05, 4.69) is 59.1 Å². The zero-order valence-corrected chi connectivity index (χ0v) is 16.0. The highest BCUT2D eigenvalue weighted by Crippen LogP contribution is 2.24. The summed E-state index contributed by atoms with van der Waals surface area (Å²) in [5.74, 6) is 1.86. The van der Waals surface area contributed by atoms with Crippen LogP contribution in [0.5, 0.6) is 0 Å². The molecule has 1 heterocycles. The van der Waals surface area contributed by atoms with Crippen molar-refractivity contribution in [1.82, 2.24) is 14.8 Å². The van der Waals surface area contributed by atoms with Gasteiger partial charge in [-0.1, -0.05) is 37.7 Å². The summed E-state index contributed by atoms with van der Waals surface area (Å²) in [4.78, 5) is 12.3. The lowest BCUT2D eigenvalue weighted by atomic mass is 10.2. The first-order valence-electron chi connectivity index (χ1n) is 7.95. The molecule has 0 saturated carbocycles. The first kappa shape index (κ1) is 18.9. The number of aryl methyl sites for hydroxylation is 1. The molecule has 2 rings (SSSR count). The van der Waals surface area contributed by atoms with Gasteiger partial charge in [0.1, 0.15) is 5.82 Å². The Morgan fingerprint density at radius 2 is 1.96 bits per heavy atom. The summed E-state index contributed by atoms with van der Waals surface area (Å²) in [5, 5.41) is 9.48. The highest BCUT2D eigenvalue weighted by molar-refractivity contribution is 7.98. The molecule has 5 nitrogen and oxygen atoms in total. The molecular formula is C17H24N4OS2. The average molecular weight is 365 g/mol. The number of carbonyl (C=O) groups excluding carboxylic acids is 1. The zero-order valence-electron chi connectivity index (χ0n) is 14.4. The van der Waals surface area contributed by atoms with E-state index < -0.39 is 0 Å². The van der Waals surface area contributed by atoms with Crippen LogP contribution < -0.4 is 5.73 Å². The number of primary amides is 1. The normalized spacial score (nSPS) is 11.2. The van der Waals surface area contributed by atoms with E-state index in [1.54, 1.807) is 23.5 Å². The van der Waals surface area contributed by atoms with Crippen molar-refractivity contribution in [3.8, 4) is 0 Å². The second-order valence-electron chi connectivity index (χ2n) is 6.01. The largest absolute Gasteiger partial charge is 0.370 e. The topological polar surface area (TPSA) is 73.8 Å². The number of aromatic nitrogens is 3. The third kappa shape index (κ3) is 5.56. The molecule has 1 aromatic carbocycles. The van der Waals surface area contributed by atoms with Gasteiger partial charge in [0, 0.05) is 30.0 Å². The molecule has 0 fully saturated rings. The van der Waals surface area contributed by atoms with Crippen molar-refractivity contribution < 1.29 is 4.79 Å². The molecule has 0 aliphatic rings. The lowest BCUT2D eigenvalue weighted by Crippen LogP contribution is -2.15. The Bertz CT molecular complexity index is 668. The summed E-state index contributed by atoms with van der Waals surface area (Å²) in [5.41, 5.74) is 6.51. The molecule has 0 unspecified atom stereocenters. The van der Waals surface area contributed by atoms with Gasteiger partial charge >= 0.3 is 0 Å². The highest BCUT2D eigenvalue weighted by atomic mass is 32.2. The number of nitrogens with zero attached hydrogens (tertiary/aromatic N) is 3. The van der Waals surface area contributed by atoms with Crippen LogP contribution in [-0.2, 0) is 23.5 Å². The number of nitrogens with two attached hydrogens (primary N) is 1. The maximum absolute atomic E-state index is 11.0. The molecule has 130 valence electrons. The maximum Gasteiger partial charge on any atom is 0.217 e. The molecule has 0 aliphatic heterocycles. The quantitative estimate of drug-likeness (QED) is 0.691. The minimum absolute atomic E-state index is 0.303. The van der Waals surface area contributed by atoms with Crippen molar-refractivity contribution in [2.24, 2.45) is 11.7 Å². The zero-order chi connectivity index (χ0) is 17.5. The second kappa shape index (κ2) is 9.13. The van der Waals surface area contributed by atoms with Gasteiger partial charge in [-0.3, -0.25) is 4.79 Å². The summed E-state index contributed by atoms with van der Waals surface area (Å²) in [6.45, 7) is 5.16. The van der Waals surface area contributed by atoms with E-state index in [9.17, 15) is 4.79 Å². The van der Waals surface area contributed by atoms with E-state index in [0.29, 0.717) is 18.8 Å². The molecule has 0 aliphatic carbocycles. The fourth-order valence-electron chi connectivity index (χ4n) is 2.26. The monoisotopic (exact) mass is 364 g/mol. The van der Waals surface area contributed by atoms with Crippen LogP contribution in [0, 0.1) is 5.92 Å². The first-order valence-corrected chi connectivity index (χ1v) is 10.2. The predicted molar refractivity (Wildman–Crippen MR) is 100 cm³/mol. The first-order chi connectivity index (χ1) is 11.5. The van der Waals surface area contributed by atoms with Gasteiger partial charge in [0.25, 0.3) is 0 Å². The van der Waals surface area contributed by atoms with E-state index in [1.165, 1.54) is 10.5 Å². The fraction of sp³-hybridized carbons (Fsp3) is 0.471. The van der Waals surface area contributed by atoms with Crippen molar-refractivity contribution in [3.63, 3.8) is 0 Å². The Morgan fingerprint density at radius 1 is 1.25 bits per heavy atom. The Morgan fingerprint density at radius 3 is 2.54 bits per heavy atom. The predicted octanol–water partition coefficient (Wildman–Crippen LogP) is 3.37. The Hall–Kier alpha value is -1.47. The maximum atomic E-state index is 11.0. The Labute approximate surface area is 151 Å². The minimum atomic E-state index is -0.308. The molecular weight excluding hydrogens is 340 g/mol. The van der Waals surface area contributed by atoms with Crippen LogP contribution in [0.2, 0.25) is 0 Å². The summed E-state index contributed by atoms with van der Waals surface area (Å²) in [7, 11) is 0. The van der Waals surface area contributed by atoms with E-state index in [4.69, 9.17) is 5.73 Å². The molecule has 0 spiro atoms. The van der Waals surface area contributed by atoms with Gasteiger partial charge in [-0.15, -0.1) is 22.0 Å². The van der Waals surface area contributed by atoms with Crippen LogP contribution in [0.1, 0.15) is 31.7 Å². The number of rotatable bonds is 9. The van der Waals surface area contributed by atoms with Crippen LogP contribution >= 0.6 is 23.5 Å². The molecule has 2 N–H and O–H groups in total. The summed E-state index contributed by atoms with van der Waals surface area (Å²) in [6, 6.07) is 8.57. The number of hydrogen-bond donors (Lipinski definition) is 1. The van der Waals surface area contributed by atoms with Gasteiger partial charge in [-0.05, 0) is 29.9 Å². The van der Waals surface area contributed by atoms with Crippen LogP contribution in [-0.4, -0.2) is 26.9 Å². The number of carbonyl (C=O) groups is 1. The van der Waals surface area contributed by atoms with Gasteiger partial charge in [0.05, 0.1) is 0 Å². The van der Waals surface area contributed by atoms with Crippen LogP contribution in [0.25, 0.3) is 0 Å². The summed E-state index contributed by atoms with van der Waals surface area (Å²) >= 11 is 3.42. The fourth-order valence-corrected chi connectivity index (χ4v) is 3.59. The van der Waals surface area contributed by atoms with Crippen LogP contribution in [0.15, 0.2) is 34.3 Å². The molecule has 24 heavy (non-hydrogen) atoms. The highest BCUT2D eigenvalue weighted by Gasteiger charge is 2.14. The van der Waals surface area contributed by atoms with Crippen molar-refractivity contribution in [2.75, 3.05) is 6.26 Å². The lowest BCUT2D eigenvalue weighted by Gasteiger charge is -2.12. The number of thioether (sulfide) groups is 2. The Kier molecular flexibility index (Phi) is 7.17. The number of benzene rings is 1. The van der Waals surface area contributed by atoms with Crippen molar-refractivity contribution >= 4 is 29.4 Å².